The Bertz CT molecular complexity index is 281. The third-order valence-electron chi connectivity index (χ3n) is 3.91. The van der Waals surface area contributed by atoms with E-state index in [2.05, 4.69) is 29.2 Å². The summed E-state index contributed by atoms with van der Waals surface area (Å²) in [5, 5.41) is 8.02. The Labute approximate surface area is 103 Å². The largest absolute Gasteiger partial charge is 0.317 e. The highest BCUT2D eigenvalue weighted by Gasteiger charge is 2.21. The van der Waals surface area contributed by atoms with Gasteiger partial charge in [0, 0.05) is 6.04 Å². The molecule has 1 heterocycles. The van der Waals surface area contributed by atoms with Crippen LogP contribution >= 0.6 is 11.3 Å². The summed E-state index contributed by atoms with van der Waals surface area (Å²) in [6, 6.07) is 3.04. The van der Waals surface area contributed by atoms with Crippen molar-refractivity contribution in [3.63, 3.8) is 0 Å². The molecule has 1 fully saturated rings. The van der Waals surface area contributed by atoms with Gasteiger partial charge in [0.15, 0.2) is 0 Å². The summed E-state index contributed by atoms with van der Waals surface area (Å²) in [6.45, 7) is 0. The van der Waals surface area contributed by atoms with Crippen LogP contribution in [0.5, 0.6) is 0 Å². The minimum absolute atomic E-state index is 0.765. The summed E-state index contributed by atoms with van der Waals surface area (Å²) in [5.74, 6) is 0.896. The van der Waals surface area contributed by atoms with E-state index in [4.69, 9.17) is 0 Å². The molecule has 1 aliphatic rings. The van der Waals surface area contributed by atoms with E-state index in [9.17, 15) is 0 Å². The number of hydrogen-bond donors (Lipinski definition) is 1. The first-order chi connectivity index (χ1) is 7.90. The Morgan fingerprint density at radius 2 is 2.19 bits per heavy atom. The van der Waals surface area contributed by atoms with Crippen molar-refractivity contribution in [2.24, 2.45) is 5.92 Å². The minimum atomic E-state index is 0.765. The molecule has 0 aliphatic heterocycles. The average molecular weight is 237 g/mol. The molecule has 0 saturated heterocycles. The Balaban J connectivity index is 1.85. The van der Waals surface area contributed by atoms with Crippen LogP contribution in [0.3, 0.4) is 0 Å². The van der Waals surface area contributed by atoms with Crippen LogP contribution in [0.1, 0.15) is 44.1 Å². The van der Waals surface area contributed by atoms with Crippen LogP contribution < -0.4 is 5.32 Å². The lowest BCUT2D eigenvalue weighted by Crippen LogP contribution is -2.32. The van der Waals surface area contributed by atoms with Crippen molar-refractivity contribution in [2.45, 2.75) is 51.0 Å². The van der Waals surface area contributed by atoms with Crippen molar-refractivity contribution in [3.05, 3.63) is 22.4 Å². The van der Waals surface area contributed by atoms with Crippen LogP contribution in [0.25, 0.3) is 0 Å². The van der Waals surface area contributed by atoms with E-state index in [-0.39, 0.29) is 0 Å². The number of rotatable bonds is 4. The fourth-order valence-corrected chi connectivity index (χ4v) is 3.60. The maximum absolute atomic E-state index is 3.53. The van der Waals surface area contributed by atoms with Gasteiger partial charge in [0.25, 0.3) is 0 Å². The standard InChI is InChI=1S/C14H23NS/c1-15-14-6-4-2-3-5-13(14)8-7-12-9-10-16-11-12/h9-11,13-15H,2-8H2,1H3. The van der Waals surface area contributed by atoms with Gasteiger partial charge in [0.05, 0.1) is 0 Å². The van der Waals surface area contributed by atoms with E-state index in [0.29, 0.717) is 0 Å². The number of nitrogens with one attached hydrogen (secondary N) is 1. The van der Waals surface area contributed by atoms with Crippen LogP contribution in [-0.2, 0) is 6.42 Å². The summed E-state index contributed by atoms with van der Waals surface area (Å²) >= 11 is 1.82. The lowest BCUT2D eigenvalue weighted by Gasteiger charge is -2.24. The summed E-state index contributed by atoms with van der Waals surface area (Å²) in [6.07, 6.45) is 9.73. The Morgan fingerprint density at radius 1 is 1.31 bits per heavy atom. The minimum Gasteiger partial charge on any atom is -0.317 e. The van der Waals surface area contributed by atoms with Gasteiger partial charge in [-0.1, -0.05) is 19.3 Å². The molecule has 2 rings (SSSR count). The monoisotopic (exact) mass is 237 g/mol. The zero-order valence-electron chi connectivity index (χ0n) is 10.2. The van der Waals surface area contributed by atoms with E-state index in [0.717, 1.165) is 12.0 Å². The zero-order chi connectivity index (χ0) is 11.2. The van der Waals surface area contributed by atoms with Crippen LogP contribution in [0.2, 0.25) is 0 Å². The number of thiophene rings is 1. The van der Waals surface area contributed by atoms with Crippen molar-refractivity contribution >= 4 is 11.3 Å². The maximum atomic E-state index is 3.53. The second-order valence-electron chi connectivity index (χ2n) is 4.96. The van der Waals surface area contributed by atoms with E-state index < -0.39 is 0 Å². The van der Waals surface area contributed by atoms with Gasteiger partial charge >= 0.3 is 0 Å². The van der Waals surface area contributed by atoms with Gasteiger partial charge in [-0.3, -0.25) is 0 Å². The second-order valence-corrected chi connectivity index (χ2v) is 5.74. The predicted octanol–water partition coefficient (Wildman–Crippen LogP) is 3.85. The highest BCUT2D eigenvalue weighted by atomic mass is 32.1. The third kappa shape index (κ3) is 3.33. The van der Waals surface area contributed by atoms with Gasteiger partial charge in [0.2, 0.25) is 0 Å². The Kier molecular flexibility index (Phi) is 4.86. The molecule has 2 heteroatoms. The first kappa shape index (κ1) is 12.1. The van der Waals surface area contributed by atoms with E-state index in [1.807, 2.05) is 11.3 Å². The van der Waals surface area contributed by atoms with Gasteiger partial charge in [0.1, 0.15) is 0 Å². The fourth-order valence-electron chi connectivity index (χ4n) is 2.90. The van der Waals surface area contributed by atoms with E-state index in [1.165, 1.54) is 50.5 Å². The molecule has 0 aromatic carbocycles. The van der Waals surface area contributed by atoms with Gasteiger partial charge in [-0.15, -0.1) is 0 Å². The lowest BCUT2D eigenvalue weighted by molar-refractivity contribution is 0.332. The first-order valence-electron chi connectivity index (χ1n) is 6.58. The SMILES string of the molecule is CNC1CCCCCC1CCc1ccsc1. The van der Waals surface area contributed by atoms with Crippen LogP contribution in [0, 0.1) is 5.92 Å². The summed E-state index contributed by atoms with van der Waals surface area (Å²) < 4.78 is 0. The molecule has 1 nitrogen and oxygen atoms in total. The summed E-state index contributed by atoms with van der Waals surface area (Å²) in [4.78, 5) is 0. The topological polar surface area (TPSA) is 12.0 Å². The first-order valence-corrected chi connectivity index (χ1v) is 7.53. The molecule has 1 aromatic heterocycles. The molecular weight excluding hydrogens is 214 g/mol. The molecule has 1 saturated carbocycles. The Morgan fingerprint density at radius 3 is 2.94 bits per heavy atom. The molecule has 1 aliphatic carbocycles. The molecule has 0 spiro atoms. The molecule has 0 radical (unpaired) electrons. The maximum Gasteiger partial charge on any atom is 0.00924 e. The van der Waals surface area contributed by atoms with Gasteiger partial charge in [-0.25, -0.2) is 0 Å². The van der Waals surface area contributed by atoms with Crippen molar-refractivity contribution < 1.29 is 0 Å². The number of aryl methyl sites for hydroxylation is 1. The van der Waals surface area contributed by atoms with Crippen molar-refractivity contribution in [1.82, 2.24) is 5.32 Å². The highest BCUT2D eigenvalue weighted by molar-refractivity contribution is 7.07. The average Bonchev–Trinajstić information content (AvgIpc) is 2.71. The van der Waals surface area contributed by atoms with Crippen LogP contribution in [-0.4, -0.2) is 13.1 Å². The third-order valence-corrected chi connectivity index (χ3v) is 4.65. The highest BCUT2D eigenvalue weighted by Crippen LogP contribution is 2.27. The quantitative estimate of drug-likeness (QED) is 0.784. The molecule has 1 aromatic rings. The number of hydrogen-bond acceptors (Lipinski definition) is 2. The molecule has 1 N–H and O–H groups in total. The van der Waals surface area contributed by atoms with Gasteiger partial charge < -0.3 is 5.32 Å². The van der Waals surface area contributed by atoms with Gasteiger partial charge in [-0.2, -0.15) is 11.3 Å². The summed E-state index contributed by atoms with van der Waals surface area (Å²) in [5.41, 5.74) is 1.53. The zero-order valence-corrected chi connectivity index (χ0v) is 11.1. The predicted molar refractivity (Wildman–Crippen MR) is 72.1 cm³/mol. The van der Waals surface area contributed by atoms with Crippen molar-refractivity contribution in [1.29, 1.82) is 0 Å². The Hall–Kier alpha value is -0.340. The molecular formula is C14H23NS. The van der Waals surface area contributed by atoms with Crippen molar-refractivity contribution in [3.8, 4) is 0 Å². The van der Waals surface area contributed by atoms with Crippen molar-refractivity contribution in [2.75, 3.05) is 7.05 Å². The summed E-state index contributed by atoms with van der Waals surface area (Å²) in [7, 11) is 2.13. The molecule has 2 atom stereocenters. The van der Waals surface area contributed by atoms with E-state index >= 15 is 0 Å². The molecule has 90 valence electrons. The molecule has 0 bridgehead atoms. The molecule has 0 amide bonds. The molecule has 16 heavy (non-hydrogen) atoms. The second kappa shape index (κ2) is 6.41. The smallest absolute Gasteiger partial charge is 0.00924 e. The van der Waals surface area contributed by atoms with Crippen LogP contribution in [0.15, 0.2) is 16.8 Å². The van der Waals surface area contributed by atoms with Gasteiger partial charge in [-0.05, 0) is 61.0 Å². The lowest BCUT2D eigenvalue weighted by atomic mass is 9.89. The normalized spacial score (nSPS) is 26.6. The molecule has 2 unspecified atom stereocenters. The fraction of sp³-hybridized carbons (Fsp3) is 0.714. The van der Waals surface area contributed by atoms with E-state index in [1.54, 1.807) is 0 Å². The van der Waals surface area contributed by atoms with Crippen LogP contribution in [0.4, 0.5) is 0 Å².